The number of hydrogen-bond donors (Lipinski definition) is 2. The number of nitriles is 1. The summed E-state index contributed by atoms with van der Waals surface area (Å²) in [6.07, 6.45) is -0.0633. The third kappa shape index (κ3) is 5.23. The van der Waals surface area contributed by atoms with Gasteiger partial charge in [-0.2, -0.15) is 5.26 Å². The number of amides is 2. The average molecular weight is 493 g/mol. The van der Waals surface area contributed by atoms with Crippen molar-refractivity contribution < 1.29 is 23.1 Å². The van der Waals surface area contributed by atoms with E-state index in [9.17, 15) is 23.6 Å². The van der Waals surface area contributed by atoms with Gasteiger partial charge in [0.1, 0.15) is 11.3 Å². The zero-order chi connectivity index (χ0) is 26.0. The fraction of sp³-hybridized carbons (Fsp3) is 0.296. The van der Waals surface area contributed by atoms with Crippen LogP contribution in [0.15, 0.2) is 48.5 Å². The molecule has 0 bridgehead atoms. The molecule has 1 aromatic heterocycles. The van der Waals surface area contributed by atoms with Gasteiger partial charge in [-0.05, 0) is 68.7 Å². The topological polar surface area (TPSA) is 96.2 Å². The van der Waals surface area contributed by atoms with Gasteiger partial charge in [-0.15, -0.1) is 0 Å². The lowest BCUT2D eigenvalue weighted by Crippen LogP contribution is -2.41. The van der Waals surface area contributed by atoms with Crippen molar-refractivity contribution in [1.82, 2.24) is 15.2 Å². The molecule has 2 heterocycles. The maximum absolute atomic E-state index is 14.1. The summed E-state index contributed by atoms with van der Waals surface area (Å²) in [6, 6.07) is 13.9. The normalized spacial score (nSPS) is 15.0. The number of nitrogens with zero attached hydrogens (tertiary/aromatic N) is 2. The number of fused-ring (bicyclic) bond motifs is 1. The predicted molar refractivity (Wildman–Crippen MR) is 130 cm³/mol. The molecule has 0 aliphatic carbocycles. The Morgan fingerprint density at radius 3 is 2.47 bits per heavy atom. The monoisotopic (exact) mass is 492 g/mol. The van der Waals surface area contributed by atoms with Crippen molar-refractivity contribution in [3.63, 3.8) is 0 Å². The van der Waals surface area contributed by atoms with E-state index in [0.29, 0.717) is 53.2 Å². The van der Waals surface area contributed by atoms with Crippen LogP contribution in [0.3, 0.4) is 0 Å². The molecule has 1 aliphatic heterocycles. The molecule has 1 aliphatic rings. The van der Waals surface area contributed by atoms with Gasteiger partial charge in [-0.25, -0.2) is 13.6 Å². The van der Waals surface area contributed by atoms with Gasteiger partial charge in [0.25, 0.3) is 5.91 Å². The van der Waals surface area contributed by atoms with Crippen molar-refractivity contribution in [2.45, 2.75) is 38.8 Å². The average Bonchev–Trinajstić information content (AvgIpc) is 3.23. The van der Waals surface area contributed by atoms with Gasteiger partial charge in [0.15, 0.2) is 11.6 Å². The Balaban J connectivity index is 1.76. The van der Waals surface area contributed by atoms with Gasteiger partial charge in [0.05, 0.1) is 23.4 Å². The van der Waals surface area contributed by atoms with E-state index >= 15 is 0 Å². The van der Waals surface area contributed by atoms with Crippen LogP contribution >= 0.6 is 0 Å². The lowest BCUT2D eigenvalue weighted by atomic mass is 10.00. The summed E-state index contributed by atoms with van der Waals surface area (Å²) in [6.45, 7) is 5.94. The first kappa shape index (κ1) is 24.9. The van der Waals surface area contributed by atoms with Crippen LogP contribution in [0.1, 0.15) is 49.3 Å². The lowest BCUT2D eigenvalue weighted by molar-refractivity contribution is 0.0524. The molecule has 4 rings (SSSR count). The highest BCUT2D eigenvalue weighted by molar-refractivity contribution is 5.98. The van der Waals surface area contributed by atoms with E-state index in [2.05, 4.69) is 16.7 Å². The molecule has 1 atom stereocenters. The van der Waals surface area contributed by atoms with Gasteiger partial charge in [-0.3, -0.25) is 4.79 Å². The number of carbonyl (C=O) groups excluding carboxylic acids is 2. The number of alkyl carbamates (subject to hydrolysis) is 1. The van der Waals surface area contributed by atoms with Crippen LogP contribution in [0.4, 0.5) is 13.6 Å². The first-order chi connectivity index (χ1) is 17.1. The fourth-order valence-electron chi connectivity index (χ4n) is 4.24. The minimum atomic E-state index is -0.995. The van der Waals surface area contributed by atoms with E-state index in [-0.39, 0.29) is 11.9 Å². The summed E-state index contributed by atoms with van der Waals surface area (Å²) >= 11 is 0. The summed E-state index contributed by atoms with van der Waals surface area (Å²) < 4.78 is 35.0. The molecule has 0 saturated carbocycles. The molecule has 7 nitrogen and oxygen atoms in total. The summed E-state index contributed by atoms with van der Waals surface area (Å²) in [5.74, 6) is -2.26. The highest BCUT2D eigenvalue weighted by atomic mass is 19.2. The first-order valence-corrected chi connectivity index (χ1v) is 11.5. The maximum atomic E-state index is 14.1. The van der Waals surface area contributed by atoms with Gasteiger partial charge in [-0.1, -0.05) is 18.2 Å². The second kappa shape index (κ2) is 9.82. The number of nitrogens with one attached hydrogen (secondary N) is 2. The Hall–Kier alpha value is -4.19. The molecule has 2 amide bonds. The largest absolute Gasteiger partial charge is 0.444 e. The number of halogens is 2. The molecule has 0 radical (unpaired) electrons. The molecular weight excluding hydrogens is 466 g/mol. The van der Waals surface area contributed by atoms with Gasteiger partial charge < -0.3 is 19.9 Å². The SMILES string of the molecule is CC(C)(C)OC(=O)NCCC1CNC(=O)c2cc(-c3ccc(F)c(F)c3)c(-c3ccc(C#N)cc3)n21. The van der Waals surface area contributed by atoms with E-state index in [0.717, 1.165) is 12.1 Å². The molecule has 1 unspecified atom stereocenters. The van der Waals surface area contributed by atoms with Crippen LogP contribution in [0.2, 0.25) is 0 Å². The van der Waals surface area contributed by atoms with Crippen molar-refractivity contribution in [3.8, 4) is 28.5 Å². The van der Waals surface area contributed by atoms with E-state index in [1.807, 2.05) is 4.57 Å². The maximum Gasteiger partial charge on any atom is 0.407 e. The summed E-state index contributed by atoms with van der Waals surface area (Å²) in [7, 11) is 0. The predicted octanol–water partition coefficient (Wildman–Crippen LogP) is 5.17. The zero-order valence-corrected chi connectivity index (χ0v) is 20.2. The molecule has 2 N–H and O–H groups in total. The summed E-state index contributed by atoms with van der Waals surface area (Å²) in [5, 5.41) is 14.8. The smallest absolute Gasteiger partial charge is 0.407 e. The second-order valence-corrected chi connectivity index (χ2v) is 9.56. The molecule has 36 heavy (non-hydrogen) atoms. The summed E-state index contributed by atoms with van der Waals surface area (Å²) in [5.41, 5.74) is 2.51. The Morgan fingerprint density at radius 1 is 1.14 bits per heavy atom. The standard InChI is InChI=1S/C27H26F2N4O3/c1-27(2,3)36-26(35)31-11-10-19-15-32-25(34)23-13-20(18-8-9-21(28)22(29)12-18)24(33(19)23)17-6-4-16(14-30)5-7-17/h4-9,12-13,19H,10-11,15H2,1-3H3,(H,31,35)(H,32,34). The van der Waals surface area contributed by atoms with E-state index < -0.39 is 23.3 Å². The Labute approximate surface area is 207 Å². The molecule has 0 saturated heterocycles. The Kier molecular flexibility index (Phi) is 6.80. The van der Waals surface area contributed by atoms with Gasteiger partial charge >= 0.3 is 6.09 Å². The van der Waals surface area contributed by atoms with Crippen LogP contribution in [0, 0.1) is 23.0 Å². The molecule has 3 aromatic rings. The third-order valence-corrected chi connectivity index (χ3v) is 5.80. The number of benzene rings is 2. The van der Waals surface area contributed by atoms with Crippen molar-refractivity contribution in [1.29, 1.82) is 5.26 Å². The quantitative estimate of drug-likeness (QED) is 0.514. The molecule has 0 spiro atoms. The van der Waals surface area contributed by atoms with Crippen LogP contribution in [-0.4, -0.2) is 35.3 Å². The van der Waals surface area contributed by atoms with Crippen molar-refractivity contribution in [2.75, 3.05) is 13.1 Å². The fourth-order valence-corrected chi connectivity index (χ4v) is 4.24. The molecule has 2 aromatic carbocycles. The first-order valence-electron chi connectivity index (χ1n) is 11.5. The number of rotatable bonds is 5. The minimum absolute atomic E-state index is 0.239. The Morgan fingerprint density at radius 2 is 1.83 bits per heavy atom. The van der Waals surface area contributed by atoms with Crippen LogP contribution in [0.25, 0.3) is 22.4 Å². The van der Waals surface area contributed by atoms with E-state index in [1.165, 1.54) is 6.07 Å². The van der Waals surface area contributed by atoms with Crippen LogP contribution in [0.5, 0.6) is 0 Å². The molecular formula is C27H26F2N4O3. The second-order valence-electron chi connectivity index (χ2n) is 9.56. The van der Waals surface area contributed by atoms with Crippen molar-refractivity contribution in [2.24, 2.45) is 0 Å². The summed E-state index contributed by atoms with van der Waals surface area (Å²) in [4.78, 5) is 24.9. The van der Waals surface area contributed by atoms with E-state index in [4.69, 9.17) is 4.74 Å². The lowest BCUT2D eigenvalue weighted by Gasteiger charge is -2.29. The number of hydrogen-bond acceptors (Lipinski definition) is 4. The van der Waals surface area contributed by atoms with Crippen LogP contribution < -0.4 is 10.6 Å². The number of ether oxygens (including phenoxy) is 1. The van der Waals surface area contributed by atoms with Crippen molar-refractivity contribution >= 4 is 12.0 Å². The van der Waals surface area contributed by atoms with Gasteiger partial charge in [0, 0.05) is 18.7 Å². The van der Waals surface area contributed by atoms with E-state index in [1.54, 1.807) is 51.1 Å². The number of aromatic nitrogens is 1. The van der Waals surface area contributed by atoms with Crippen LogP contribution in [-0.2, 0) is 4.74 Å². The highest BCUT2D eigenvalue weighted by Gasteiger charge is 2.31. The molecule has 0 fully saturated rings. The minimum Gasteiger partial charge on any atom is -0.444 e. The number of carbonyl (C=O) groups is 2. The van der Waals surface area contributed by atoms with Gasteiger partial charge in [0.2, 0.25) is 0 Å². The zero-order valence-electron chi connectivity index (χ0n) is 20.2. The Bertz CT molecular complexity index is 1350. The molecule has 186 valence electrons. The third-order valence-electron chi connectivity index (χ3n) is 5.80. The molecule has 9 heteroatoms. The highest BCUT2D eigenvalue weighted by Crippen LogP contribution is 2.39. The van der Waals surface area contributed by atoms with Crippen molar-refractivity contribution in [3.05, 3.63) is 71.4 Å².